The van der Waals surface area contributed by atoms with Crippen molar-refractivity contribution < 1.29 is 19.4 Å². The normalized spacial score (nSPS) is 26.7. The summed E-state index contributed by atoms with van der Waals surface area (Å²) < 4.78 is 10.8. The summed E-state index contributed by atoms with van der Waals surface area (Å²) in [6.45, 7) is 0.264. The van der Waals surface area contributed by atoms with E-state index in [1.165, 1.54) is 0 Å². The lowest BCUT2D eigenvalue weighted by molar-refractivity contribution is -0.0539. The van der Waals surface area contributed by atoms with Gasteiger partial charge in [0.05, 0.1) is 18.9 Å². The van der Waals surface area contributed by atoms with Gasteiger partial charge in [-0.15, -0.1) is 0 Å². The van der Waals surface area contributed by atoms with E-state index in [0.717, 1.165) is 24.0 Å². The van der Waals surface area contributed by atoms with Gasteiger partial charge in [-0.05, 0) is 24.5 Å². The van der Waals surface area contributed by atoms with Gasteiger partial charge in [-0.25, -0.2) is 4.79 Å². The molecule has 2 fully saturated rings. The molecule has 0 aliphatic carbocycles. The predicted octanol–water partition coefficient (Wildman–Crippen LogP) is 3.24. The van der Waals surface area contributed by atoms with Gasteiger partial charge in [-0.2, -0.15) is 0 Å². The van der Waals surface area contributed by atoms with Crippen molar-refractivity contribution in [1.82, 2.24) is 9.88 Å². The van der Waals surface area contributed by atoms with Crippen molar-refractivity contribution in [2.45, 2.75) is 50.0 Å². The van der Waals surface area contributed by atoms with Crippen LogP contribution in [0.5, 0.6) is 5.75 Å². The number of nitrogens with zero attached hydrogens (tertiary/aromatic N) is 2. The summed E-state index contributed by atoms with van der Waals surface area (Å²) in [5.41, 5.74) is 0.717. The van der Waals surface area contributed by atoms with Crippen LogP contribution in [0.25, 0.3) is 0 Å². The highest BCUT2D eigenvalue weighted by Gasteiger charge is 2.50. The third-order valence-electron chi connectivity index (χ3n) is 5.67. The molecule has 0 radical (unpaired) electrons. The number of benzene rings is 1. The molecular formula is C21H24N2O4. The average molecular weight is 368 g/mol. The Labute approximate surface area is 158 Å². The van der Waals surface area contributed by atoms with E-state index in [4.69, 9.17) is 9.47 Å². The second kappa shape index (κ2) is 7.19. The van der Waals surface area contributed by atoms with Crippen LogP contribution in [0.1, 0.15) is 36.8 Å². The number of pyridine rings is 1. The Morgan fingerprint density at radius 2 is 1.93 bits per heavy atom. The Bertz CT molecular complexity index is 797. The lowest BCUT2D eigenvalue weighted by atomic mass is 9.81. The molecule has 0 saturated carbocycles. The van der Waals surface area contributed by atoms with Crippen molar-refractivity contribution in [2.75, 3.05) is 7.11 Å². The van der Waals surface area contributed by atoms with Crippen LogP contribution in [0.4, 0.5) is 4.79 Å². The molecule has 1 aromatic carbocycles. The first-order chi connectivity index (χ1) is 13.1. The predicted molar refractivity (Wildman–Crippen MR) is 99.2 cm³/mol. The number of carbonyl (C=O) groups is 1. The smallest absolute Gasteiger partial charge is 0.410 e. The molecule has 2 aromatic rings. The molecule has 2 aliphatic rings. The molecule has 2 bridgehead atoms. The number of piperidine rings is 1. The summed E-state index contributed by atoms with van der Waals surface area (Å²) in [5.74, 6) is 0.623. The topological polar surface area (TPSA) is 71.9 Å². The first kappa shape index (κ1) is 17.8. The molecule has 27 heavy (non-hydrogen) atoms. The van der Waals surface area contributed by atoms with E-state index in [2.05, 4.69) is 4.98 Å². The number of methoxy groups -OCH3 is 1. The van der Waals surface area contributed by atoms with Crippen molar-refractivity contribution in [1.29, 1.82) is 0 Å². The molecule has 142 valence electrons. The molecule has 6 heteroatoms. The molecule has 2 unspecified atom stereocenters. The van der Waals surface area contributed by atoms with Crippen molar-refractivity contribution in [3.8, 4) is 5.75 Å². The second-order valence-electron chi connectivity index (χ2n) is 7.39. The maximum atomic E-state index is 12.7. The minimum Gasteiger partial charge on any atom is -0.495 e. The number of aromatic nitrogens is 1. The highest BCUT2D eigenvalue weighted by atomic mass is 16.6. The van der Waals surface area contributed by atoms with Crippen LogP contribution >= 0.6 is 0 Å². The summed E-state index contributed by atoms with van der Waals surface area (Å²) in [4.78, 5) is 18.7. The maximum absolute atomic E-state index is 12.7. The van der Waals surface area contributed by atoms with E-state index in [-0.39, 0.29) is 24.8 Å². The Kier molecular flexibility index (Phi) is 4.74. The Hall–Kier alpha value is -2.60. The maximum Gasteiger partial charge on any atom is 0.410 e. The summed E-state index contributed by atoms with van der Waals surface area (Å²) in [6.07, 6.45) is 5.74. The minimum absolute atomic E-state index is 0.0248. The van der Waals surface area contributed by atoms with Crippen LogP contribution in [-0.2, 0) is 16.9 Å². The molecule has 0 spiro atoms. The third kappa shape index (κ3) is 3.49. The van der Waals surface area contributed by atoms with Crippen molar-refractivity contribution >= 4 is 6.09 Å². The minimum atomic E-state index is -0.996. The molecule has 2 aliphatic heterocycles. The van der Waals surface area contributed by atoms with Gasteiger partial charge in [-0.3, -0.25) is 4.98 Å². The number of carbonyl (C=O) groups excluding carboxylic acids is 1. The zero-order chi connectivity index (χ0) is 18.9. The Balaban J connectivity index is 1.46. The lowest BCUT2D eigenvalue weighted by Gasteiger charge is -2.43. The van der Waals surface area contributed by atoms with Crippen molar-refractivity contribution in [3.05, 3.63) is 59.9 Å². The van der Waals surface area contributed by atoms with Crippen LogP contribution in [0.15, 0.2) is 48.8 Å². The SMILES string of the molecule is COc1cncc(C2(O)CC3CCC(C2)N3C(=O)OCc2ccccc2)c1. The number of aliphatic hydroxyl groups is 1. The summed E-state index contributed by atoms with van der Waals surface area (Å²) in [7, 11) is 1.58. The second-order valence-corrected chi connectivity index (χ2v) is 7.39. The highest BCUT2D eigenvalue weighted by molar-refractivity contribution is 5.69. The molecule has 2 atom stereocenters. The van der Waals surface area contributed by atoms with Crippen LogP contribution in [-0.4, -0.2) is 40.3 Å². The quantitative estimate of drug-likeness (QED) is 0.897. The van der Waals surface area contributed by atoms with Crippen molar-refractivity contribution in [2.24, 2.45) is 0 Å². The molecule has 1 N–H and O–H groups in total. The fourth-order valence-corrected chi connectivity index (χ4v) is 4.34. The van der Waals surface area contributed by atoms with E-state index >= 15 is 0 Å². The highest BCUT2D eigenvalue weighted by Crippen LogP contribution is 2.46. The van der Waals surface area contributed by atoms with Crippen LogP contribution in [0, 0.1) is 0 Å². The Morgan fingerprint density at radius 3 is 2.59 bits per heavy atom. The summed E-state index contributed by atoms with van der Waals surface area (Å²) in [6, 6.07) is 11.4. The van der Waals surface area contributed by atoms with Gasteiger partial charge >= 0.3 is 6.09 Å². The van der Waals surface area contributed by atoms with Crippen LogP contribution in [0.3, 0.4) is 0 Å². The van der Waals surface area contributed by atoms with E-state index < -0.39 is 5.60 Å². The van der Waals surface area contributed by atoms with Crippen LogP contribution < -0.4 is 4.74 Å². The van der Waals surface area contributed by atoms with Gasteiger partial charge in [0, 0.05) is 36.7 Å². The van der Waals surface area contributed by atoms with Gasteiger partial charge in [0.2, 0.25) is 0 Å². The standard InChI is InChI=1S/C21H24N2O4/c1-26-19-9-16(12-22-13-19)21(25)10-17-7-8-18(11-21)23(17)20(24)27-14-15-5-3-2-4-6-15/h2-6,9,12-13,17-18,25H,7-8,10-11,14H2,1H3. The molecule has 3 heterocycles. The zero-order valence-corrected chi connectivity index (χ0v) is 15.4. The van der Waals surface area contributed by atoms with Gasteiger partial charge in [0.25, 0.3) is 0 Å². The number of rotatable bonds is 4. The number of fused-ring (bicyclic) bond motifs is 2. The van der Waals surface area contributed by atoms with Crippen LogP contribution in [0.2, 0.25) is 0 Å². The van der Waals surface area contributed by atoms with E-state index in [0.29, 0.717) is 18.6 Å². The summed E-state index contributed by atoms with van der Waals surface area (Å²) in [5, 5.41) is 11.3. The molecule has 6 nitrogen and oxygen atoms in total. The first-order valence-electron chi connectivity index (χ1n) is 9.30. The van der Waals surface area contributed by atoms with Gasteiger partial charge in [-0.1, -0.05) is 30.3 Å². The largest absolute Gasteiger partial charge is 0.495 e. The molecule has 1 amide bonds. The fourth-order valence-electron chi connectivity index (χ4n) is 4.34. The van der Waals surface area contributed by atoms with Gasteiger partial charge in [0.1, 0.15) is 12.4 Å². The number of hydrogen-bond donors (Lipinski definition) is 1. The van der Waals surface area contributed by atoms with E-state index in [1.807, 2.05) is 41.3 Å². The van der Waals surface area contributed by atoms with Gasteiger partial charge in [0.15, 0.2) is 0 Å². The molecule has 1 aromatic heterocycles. The van der Waals surface area contributed by atoms with Gasteiger partial charge < -0.3 is 19.5 Å². The molecule has 4 rings (SSSR count). The first-order valence-corrected chi connectivity index (χ1v) is 9.30. The fraction of sp³-hybridized carbons (Fsp3) is 0.429. The molecule has 2 saturated heterocycles. The van der Waals surface area contributed by atoms with E-state index in [9.17, 15) is 9.90 Å². The van der Waals surface area contributed by atoms with Crippen molar-refractivity contribution in [3.63, 3.8) is 0 Å². The monoisotopic (exact) mass is 368 g/mol. The number of hydrogen-bond acceptors (Lipinski definition) is 5. The number of ether oxygens (including phenoxy) is 2. The molecular weight excluding hydrogens is 344 g/mol. The Morgan fingerprint density at radius 1 is 1.22 bits per heavy atom. The average Bonchev–Trinajstić information content (AvgIpc) is 2.99. The summed E-state index contributed by atoms with van der Waals surface area (Å²) >= 11 is 0. The number of amides is 1. The van der Waals surface area contributed by atoms with E-state index in [1.54, 1.807) is 19.5 Å². The third-order valence-corrected chi connectivity index (χ3v) is 5.67. The zero-order valence-electron chi connectivity index (χ0n) is 15.4. The lowest BCUT2D eigenvalue weighted by Crippen LogP contribution is -2.52.